The normalized spacial score (nSPS) is 17.6. The lowest BCUT2D eigenvalue weighted by Crippen LogP contribution is -2.43. The van der Waals surface area contributed by atoms with E-state index in [1.807, 2.05) is 47.9 Å². The molecule has 0 fully saturated rings. The quantitative estimate of drug-likeness (QED) is 0.736. The fourth-order valence-corrected chi connectivity index (χ4v) is 3.00. The smallest absolute Gasteiger partial charge is 0.339 e. The molecule has 25 heavy (non-hydrogen) atoms. The minimum Gasteiger partial charge on any atom is -0.448 e. The summed E-state index contributed by atoms with van der Waals surface area (Å²) in [6.07, 6.45) is 1.36. The van der Waals surface area contributed by atoms with Crippen LogP contribution in [0.4, 0.5) is 0 Å². The van der Waals surface area contributed by atoms with E-state index in [0.717, 1.165) is 5.56 Å². The van der Waals surface area contributed by atoms with Crippen LogP contribution in [0, 0.1) is 0 Å². The van der Waals surface area contributed by atoms with Gasteiger partial charge in [0.05, 0.1) is 11.6 Å². The summed E-state index contributed by atoms with van der Waals surface area (Å²) in [7, 11) is 0. The molecule has 2 atom stereocenters. The van der Waals surface area contributed by atoms with Gasteiger partial charge in [0, 0.05) is 12.6 Å². The maximum absolute atomic E-state index is 12.5. The van der Waals surface area contributed by atoms with Gasteiger partial charge in [-0.05, 0) is 30.7 Å². The van der Waals surface area contributed by atoms with Crippen molar-refractivity contribution in [2.24, 2.45) is 0 Å². The van der Waals surface area contributed by atoms with Crippen LogP contribution in [0.5, 0.6) is 0 Å². The highest BCUT2D eigenvalue weighted by Crippen LogP contribution is 2.21. The number of nitrogens with zero attached hydrogens (tertiary/aromatic N) is 3. The second-order valence-electron chi connectivity index (χ2n) is 5.97. The van der Waals surface area contributed by atoms with Gasteiger partial charge >= 0.3 is 5.97 Å². The third kappa shape index (κ3) is 2.73. The number of cyclic esters (lactones) is 1. The molecule has 3 heterocycles. The molecule has 126 valence electrons. The molecule has 0 saturated carbocycles. The number of nitrogens with one attached hydrogen (secondary N) is 1. The standard InChI is InChI=1S/C18H16N4O3/c1-11(16-21-20-15-8-4-5-9-22(15)16)19-17(23)14-10-12-6-2-3-7-13(12)18(24)25-14/h2-9,11,14H,10H2,1H3,(H,19,23). The molecule has 1 aromatic carbocycles. The number of hydrogen-bond acceptors (Lipinski definition) is 5. The average Bonchev–Trinajstić information content (AvgIpc) is 3.06. The lowest BCUT2D eigenvalue weighted by atomic mass is 9.98. The summed E-state index contributed by atoms with van der Waals surface area (Å²) in [5.74, 6) is -0.197. The van der Waals surface area contributed by atoms with Crippen molar-refractivity contribution < 1.29 is 14.3 Å². The predicted octanol–water partition coefficient (Wildman–Crippen LogP) is 1.69. The Labute approximate surface area is 143 Å². The summed E-state index contributed by atoms with van der Waals surface area (Å²) in [6.45, 7) is 1.82. The first-order valence-electron chi connectivity index (χ1n) is 8.02. The number of fused-ring (bicyclic) bond motifs is 2. The Morgan fingerprint density at radius 3 is 2.92 bits per heavy atom. The molecule has 2 unspecified atom stereocenters. The third-order valence-corrected chi connectivity index (χ3v) is 4.27. The Kier molecular flexibility index (Phi) is 3.68. The molecule has 0 aliphatic carbocycles. The van der Waals surface area contributed by atoms with Crippen LogP contribution in [0.1, 0.15) is 34.7 Å². The van der Waals surface area contributed by atoms with E-state index in [1.54, 1.807) is 12.1 Å². The van der Waals surface area contributed by atoms with Crippen LogP contribution in [0.3, 0.4) is 0 Å². The summed E-state index contributed by atoms with van der Waals surface area (Å²) in [4.78, 5) is 24.6. The predicted molar refractivity (Wildman–Crippen MR) is 88.9 cm³/mol. The Morgan fingerprint density at radius 1 is 1.24 bits per heavy atom. The Hall–Kier alpha value is -3.22. The molecule has 0 spiro atoms. The van der Waals surface area contributed by atoms with Crippen molar-refractivity contribution in [3.05, 3.63) is 65.6 Å². The molecule has 1 aliphatic heterocycles. The van der Waals surface area contributed by atoms with E-state index in [4.69, 9.17) is 4.74 Å². The van der Waals surface area contributed by atoms with Gasteiger partial charge in [-0.2, -0.15) is 0 Å². The zero-order valence-electron chi connectivity index (χ0n) is 13.5. The summed E-state index contributed by atoms with van der Waals surface area (Å²) in [5.41, 5.74) is 2.04. The van der Waals surface area contributed by atoms with Gasteiger partial charge in [-0.25, -0.2) is 4.79 Å². The minimum atomic E-state index is -0.843. The number of pyridine rings is 1. The van der Waals surface area contributed by atoms with Gasteiger partial charge in [0.1, 0.15) is 0 Å². The number of carbonyl (C=O) groups excluding carboxylic acids is 2. The largest absolute Gasteiger partial charge is 0.448 e. The van der Waals surface area contributed by atoms with Crippen LogP contribution < -0.4 is 5.32 Å². The summed E-state index contributed by atoms with van der Waals surface area (Å²) in [5, 5.41) is 11.1. The minimum absolute atomic E-state index is 0.344. The van der Waals surface area contributed by atoms with Gasteiger partial charge in [0.25, 0.3) is 5.91 Å². The Balaban J connectivity index is 1.52. The molecule has 7 nitrogen and oxygen atoms in total. The van der Waals surface area contributed by atoms with E-state index in [2.05, 4.69) is 15.5 Å². The van der Waals surface area contributed by atoms with Gasteiger partial charge in [-0.1, -0.05) is 24.3 Å². The van der Waals surface area contributed by atoms with Gasteiger partial charge < -0.3 is 10.1 Å². The van der Waals surface area contributed by atoms with Crippen LogP contribution in [0.15, 0.2) is 48.7 Å². The van der Waals surface area contributed by atoms with E-state index < -0.39 is 12.1 Å². The number of hydrogen-bond donors (Lipinski definition) is 1. The Morgan fingerprint density at radius 2 is 2.04 bits per heavy atom. The number of carbonyl (C=O) groups is 2. The Bertz CT molecular complexity index is 966. The zero-order valence-corrected chi connectivity index (χ0v) is 13.5. The van der Waals surface area contributed by atoms with Crippen LogP contribution in [0.25, 0.3) is 5.65 Å². The van der Waals surface area contributed by atoms with Crippen molar-refractivity contribution in [1.82, 2.24) is 19.9 Å². The van der Waals surface area contributed by atoms with Crippen molar-refractivity contribution in [3.63, 3.8) is 0 Å². The highest BCUT2D eigenvalue weighted by molar-refractivity contribution is 5.95. The number of aromatic nitrogens is 3. The van der Waals surface area contributed by atoms with Crippen LogP contribution in [-0.4, -0.2) is 32.6 Å². The lowest BCUT2D eigenvalue weighted by Gasteiger charge is -2.25. The molecule has 0 bridgehead atoms. The average molecular weight is 336 g/mol. The van der Waals surface area contributed by atoms with Crippen molar-refractivity contribution in [3.8, 4) is 0 Å². The molecular weight excluding hydrogens is 320 g/mol. The van der Waals surface area contributed by atoms with Gasteiger partial charge in [-0.15, -0.1) is 10.2 Å². The molecule has 0 saturated heterocycles. The van der Waals surface area contributed by atoms with Crippen molar-refractivity contribution in [2.75, 3.05) is 0 Å². The molecule has 4 rings (SSSR count). The van der Waals surface area contributed by atoms with E-state index in [0.29, 0.717) is 23.5 Å². The fourth-order valence-electron chi connectivity index (χ4n) is 3.00. The topological polar surface area (TPSA) is 85.6 Å². The van der Waals surface area contributed by atoms with Crippen molar-refractivity contribution in [2.45, 2.75) is 25.5 Å². The fraction of sp³-hybridized carbons (Fsp3) is 0.222. The SMILES string of the molecule is CC(NC(=O)C1Cc2ccccc2C(=O)O1)c1nnc2ccccn12. The first-order chi connectivity index (χ1) is 12.1. The van der Waals surface area contributed by atoms with Crippen LogP contribution in [-0.2, 0) is 16.0 Å². The molecule has 7 heteroatoms. The highest BCUT2D eigenvalue weighted by Gasteiger charge is 2.32. The van der Waals surface area contributed by atoms with E-state index >= 15 is 0 Å². The number of esters is 1. The van der Waals surface area contributed by atoms with Gasteiger partial charge in [0.15, 0.2) is 17.6 Å². The number of benzene rings is 1. The second kappa shape index (κ2) is 6.01. The summed E-state index contributed by atoms with van der Waals surface area (Å²) >= 11 is 0. The van der Waals surface area contributed by atoms with Crippen LogP contribution >= 0.6 is 0 Å². The van der Waals surface area contributed by atoms with E-state index in [9.17, 15) is 9.59 Å². The maximum atomic E-state index is 12.5. The van der Waals surface area contributed by atoms with Crippen LogP contribution in [0.2, 0.25) is 0 Å². The summed E-state index contributed by atoms with van der Waals surface area (Å²) in [6, 6.07) is 12.4. The molecular formula is C18H16N4O3. The zero-order chi connectivity index (χ0) is 17.4. The number of rotatable bonds is 3. The molecule has 1 amide bonds. The van der Waals surface area contributed by atoms with E-state index in [-0.39, 0.29) is 11.9 Å². The first-order valence-corrected chi connectivity index (χ1v) is 8.02. The number of amides is 1. The maximum Gasteiger partial charge on any atom is 0.339 e. The third-order valence-electron chi connectivity index (χ3n) is 4.27. The van der Waals surface area contributed by atoms with E-state index in [1.165, 1.54) is 0 Å². The van der Waals surface area contributed by atoms with Crippen molar-refractivity contribution >= 4 is 17.5 Å². The van der Waals surface area contributed by atoms with Crippen molar-refractivity contribution in [1.29, 1.82) is 0 Å². The first kappa shape index (κ1) is 15.3. The lowest BCUT2D eigenvalue weighted by molar-refractivity contribution is -0.131. The highest BCUT2D eigenvalue weighted by atomic mass is 16.5. The van der Waals surface area contributed by atoms with Gasteiger partial charge in [-0.3, -0.25) is 9.20 Å². The van der Waals surface area contributed by atoms with Gasteiger partial charge in [0.2, 0.25) is 0 Å². The molecule has 2 aromatic heterocycles. The molecule has 1 aliphatic rings. The monoisotopic (exact) mass is 336 g/mol. The molecule has 1 N–H and O–H groups in total. The summed E-state index contributed by atoms with van der Waals surface area (Å²) < 4.78 is 7.10. The molecule has 3 aromatic rings. The number of ether oxygens (including phenoxy) is 1. The second-order valence-corrected chi connectivity index (χ2v) is 5.97. The molecule has 0 radical (unpaired) electrons.